The van der Waals surface area contributed by atoms with Crippen LogP contribution >= 0.6 is 11.6 Å². The third kappa shape index (κ3) is 7.40. The molecular weight excluding hydrogens is 380 g/mol. The molecule has 6 nitrogen and oxygen atoms in total. The lowest BCUT2D eigenvalue weighted by Crippen LogP contribution is -2.21. The lowest BCUT2D eigenvalue weighted by Gasteiger charge is -2.09. The predicted octanol–water partition coefficient (Wildman–Crippen LogP) is 4.25. The van der Waals surface area contributed by atoms with Crippen molar-refractivity contribution in [3.8, 4) is 0 Å². The maximum absolute atomic E-state index is 11.9. The zero-order valence-corrected chi connectivity index (χ0v) is 16.6. The third-order valence-electron chi connectivity index (χ3n) is 3.91. The van der Waals surface area contributed by atoms with Crippen molar-refractivity contribution in [2.24, 2.45) is 0 Å². The van der Waals surface area contributed by atoms with E-state index in [1.165, 1.54) is 0 Å². The summed E-state index contributed by atoms with van der Waals surface area (Å²) in [5.41, 5.74) is 3.32. The highest BCUT2D eigenvalue weighted by atomic mass is 35.5. The molecule has 0 radical (unpaired) electrons. The lowest BCUT2D eigenvalue weighted by atomic mass is 10.1. The number of carbonyl (C=O) groups is 3. The molecule has 0 saturated carbocycles. The summed E-state index contributed by atoms with van der Waals surface area (Å²) in [6.45, 7) is 3.50. The van der Waals surface area contributed by atoms with Gasteiger partial charge in [-0.3, -0.25) is 14.4 Å². The van der Waals surface area contributed by atoms with Gasteiger partial charge in [0.25, 0.3) is 5.91 Å². The van der Waals surface area contributed by atoms with Crippen LogP contribution in [-0.2, 0) is 19.1 Å². The number of halogens is 1. The molecule has 0 spiro atoms. The average molecular weight is 403 g/mol. The Hall–Kier alpha value is -2.86. The Balaban J connectivity index is 1.65. The van der Waals surface area contributed by atoms with Crippen molar-refractivity contribution in [2.45, 2.75) is 33.1 Å². The summed E-state index contributed by atoms with van der Waals surface area (Å²) in [5, 5.41) is 5.94. The molecule has 148 valence electrons. The molecule has 0 aliphatic heterocycles. The largest absolute Gasteiger partial charge is 0.456 e. The molecule has 0 saturated heterocycles. The second-order valence-corrected chi connectivity index (χ2v) is 6.88. The predicted molar refractivity (Wildman–Crippen MR) is 109 cm³/mol. The van der Waals surface area contributed by atoms with Crippen molar-refractivity contribution in [2.75, 3.05) is 17.2 Å². The van der Waals surface area contributed by atoms with Gasteiger partial charge in [-0.15, -0.1) is 0 Å². The minimum absolute atomic E-state index is 0.0554. The van der Waals surface area contributed by atoms with Gasteiger partial charge in [0.1, 0.15) is 0 Å². The molecule has 0 atom stereocenters. The minimum atomic E-state index is -0.522. The second-order valence-electron chi connectivity index (χ2n) is 6.44. The van der Waals surface area contributed by atoms with Gasteiger partial charge >= 0.3 is 5.97 Å². The Morgan fingerprint density at radius 2 is 1.75 bits per heavy atom. The van der Waals surface area contributed by atoms with Crippen molar-refractivity contribution in [1.29, 1.82) is 0 Å². The fourth-order valence-corrected chi connectivity index (χ4v) is 2.73. The number of amides is 2. The van der Waals surface area contributed by atoms with Crippen molar-refractivity contribution < 1.29 is 19.1 Å². The van der Waals surface area contributed by atoms with E-state index in [9.17, 15) is 14.4 Å². The fraction of sp³-hybridized carbons (Fsp3) is 0.286. The molecule has 0 aliphatic rings. The van der Waals surface area contributed by atoms with Gasteiger partial charge in [-0.2, -0.15) is 0 Å². The van der Waals surface area contributed by atoms with E-state index in [2.05, 4.69) is 10.6 Å². The first kappa shape index (κ1) is 21.4. The maximum Gasteiger partial charge on any atom is 0.306 e. The third-order valence-corrected chi connectivity index (χ3v) is 4.15. The molecule has 2 amide bonds. The lowest BCUT2D eigenvalue weighted by molar-refractivity contribution is -0.147. The van der Waals surface area contributed by atoms with E-state index < -0.39 is 11.9 Å². The van der Waals surface area contributed by atoms with E-state index in [1.807, 2.05) is 32.0 Å². The number of carbonyl (C=O) groups excluding carboxylic acids is 3. The molecule has 2 aromatic rings. The summed E-state index contributed by atoms with van der Waals surface area (Å²) in [6.07, 6.45) is 0.542. The summed E-state index contributed by atoms with van der Waals surface area (Å²) in [6, 6.07) is 12.5. The summed E-state index contributed by atoms with van der Waals surface area (Å²) < 4.78 is 4.96. The molecule has 2 aromatic carbocycles. The Labute approximate surface area is 169 Å². The van der Waals surface area contributed by atoms with Gasteiger partial charge in [0.15, 0.2) is 6.61 Å². The number of esters is 1. The quantitative estimate of drug-likeness (QED) is 0.646. The van der Waals surface area contributed by atoms with Gasteiger partial charge in [0.2, 0.25) is 5.91 Å². The second kappa shape index (κ2) is 10.5. The zero-order chi connectivity index (χ0) is 20.5. The van der Waals surface area contributed by atoms with Crippen LogP contribution in [0.1, 0.15) is 30.4 Å². The van der Waals surface area contributed by atoms with Crippen LogP contribution in [0.25, 0.3) is 0 Å². The van der Waals surface area contributed by atoms with E-state index >= 15 is 0 Å². The summed E-state index contributed by atoms with van der Waals surface area (Å²) >= 11 is 5.86. The monoisotopic (exact) mass is 402 g/mol. The van der Waals surface area contributed by atoms with E-state index in [1.54, 1.807) is 24.3 Å². The molecule has 2 N–H and O–H groups in total. The zero-order valence-electron chi connectivity index (χ0n) is 15.9. The van der Waals surface area contributed by atoms with Crippen molar-refractivity contribution in [3.05, 3.63) is 58.6 Å². The van der Waals surface area contributed by atoms with Gasteiger partial charge in [-0.05, 0) is 50.1 Å². The summed E-state index contributed by atoms with van der Waals surface area (Å²) in [5.74, 6) is -1.15. The van der Waals surface area contributed by atoms with Crippen LogP contribution in [0.3, 0.4) is 0 Å². The highest BCUT2D eigenvalue weighted by molar-refractivity contribution is 6.30. The Kier molecular flexibility index (Phi) is 8.02. The molecule has 0 bridgehead atoms. The fourth-order valence-electron chi connectivity index (χ4n) is 2.54. The number of ether oxygens (including phenoxy) is 1. The molecule has 0 unspecified atom stereocenters. The first-order valence-electron chi connectivity index (χ1n) is 8.91. The standard InChI is InChI=1S/C21H23ClN2O4/c1-14-9-10-18(15(2)11-14)24-20(26)13-28-21(27)8-4-7-19(25)23-17-6-3-5-16(22)12-17/h3,5-6,9-12H,4,7-8,13H2,1-2H3,(H,23,25)(H,24,26). The van der Waals surface area contributed by atoms with Crippen LogP contribution < -0.4 is 10.6 Å². The molecule has 2 rings (SSSR count). The van der Waals surface area contributed by atoms with E-state index in [0.717, 1.165) is 11.1 Å². The van der Waals surface area contributed by atoms with Crippen LogP contribution in [0.2, 0.25) is 5.02 Å². The molecule has 28 heavy (non-hydrogen) atoms. The minimum Gasteiger partial charge on any atom is -0.456 e. The highest BCUT2D eigenvalue weighted by Gasteiger charge is 2.10. The van der Waals surface area contributed by atoms with E-state index in [4.69, 9.17) is 16.3 Å². The Morgan fingerprint density at radius 3 is 2.46 bits per heavy atom. The van der Waals surface area contributed by atoms with Gasteiger partial charge in [-0.1, -0.05) is 35.4 Å². The van der Waals surface area contributed by atoms with Crippen molar-refractivity contribution >= 4 is 40.8 Å². The van der Waals surface area contributed by atoms with Crippen LogP contribution in [0, 0.1) is 13.8 Å². The van der Waals surface area contributed by atoms with Crippen LogP contribution in [-0.4, -0.2) is 24.4 Å². The smallest absolute Gasteiger partial charge is 0.306 e. The summed E-state index contributed by atoms with van der Waals surface area (Å²) in [7, 11) is 0. The van der Waals surface area contributed by atoms with E-state index in [0.29, 0.717) is 22.8 Å². The first-order chi connectivity index (χ1) is 13.3. The van der Waals surface area contributed by atoms with Crippen LogP contribution in [0.5, 0.6) is 0 Å². The molecule has 7 heteroatoms. The van der Waals surface area contributed by atoms with Crippen molar-refractivity contribution in [1.82, 2.24) is 0 Å². The number of aryl methyl sites for hydroxylation is 2. The first-order valence-corrected chi connectivity index (χ1v) is 9.29. The number of hydrogen-bond donors (Lipinski definition) is 2. The number of nitrogens with one attached hydrogen (secondary N) is 2. The maximum atomic E-state index is 11.9. The Bertz CT molecular complexity index is 867. The van der Waals surface area contributed by atoms with Gasteiger partial charge < -0.3 is 15.4 Å². The van der Waals surface area contributed by atoms with Gasteiger partial charge in [-0.25, -0.2) is 0 Å². The van der Waals surface area contributed by atoms with Crippen LogP contribution in [0.15, 0.2) is 42.5 Å². The summed E-state index contributed by atoms with van der Waals surface area (Å²) in [4.78, 5) is 35.5. The molecule has 0 heterocycles. The number of rotatable bonds is 8. The van der Waals surface area contributed by atoms with Crippen LogP contribution in [0.4, 0.5) is 11.4 Å². The molecule has 0 aromatic heterocycles. The highest BCUT2D eigenvalue weighted by Crippen LogP contribution is 2.16. The van der Waals surface area contributed by atoms with Gasteiger partial charge in [0.05, 0.1) is 0 Å². The normalized spacial score (nSPS) is 10.2. The number of benzene rings is 2. The van der Waals surface area contributed by atoms with Gasteiger partial charge in [0, 0.05) is 29.2 Å². The number of anilines is 2. The molecular formula is C21H23ClN2O4. The number of hydrogen-bond acceptors (Lipinski definition) is 4. The van der Waals surface area contributed by atoms with E-state index in [-0.39, 0.29) is 25.4 Å². The SMILES string of the molecule is Cc1ccc(NC(=O)COC(=O)CCCC(=O)Nc2cccc(Cl)c2)c(C)c1. The Morgan fingerprint density at radius 1 is 0.964 bits per heavy atom. The molecule has 0 aliphatic carbocycles. The van der Waals surface area contributed by atoms with Crippen molar-refractivity contribution in [3.63, 3.8) is 0 Å². The molecule has 0 fully saturated rings. The topological polar surface area (TPSA) is 84.5 Å². The average Bonchev–Trinajstić information content (AvgIpc) is 2.62.